The maximum absolute atomic E-state index is 11.7. The Morgan fingerprint density at radius 2 is 2.06 bits per heavy atom. The summed E-state index contributed by atoms with van der Waals surface area (Å²) < 4.78 is 0. The van der Waals surface area contributed by atoms with Crippen molar-refractivity contribution in [3.05, 3.63) is 29.8 Å². The van der Waals surface area contributed by atoms with Gasteiger partial charge in [-0.05, 0) is 18.6 Å². The molecule has 1 N–H and O–H groups in total. The Bertz CT molecular complexity index is 469. The molecule has 0 aromatic heterocycles. The number of carbonyl (C=O) groups excluding carboxylic acids is 1. The fourth-order valence-electron chi connectivity index (χ4n) is 2.07. The van der Waals surface area contributed by atoms with Gasteiger partial charge in [-0.3, -0.25) is 9.59 Å². The van der Waals surface area contributed by atoms with Gasteiger partial charge in [0.2, 0.25) is 5.91 Å². The van der Waals surface area contributed by atoms with Gasteiger partial charge in [0, 0.05) is 19.2 Å². The van der Waals surface area contributed by atoms with Gasteiger partial charge < -0.3 is 10.0 Å². The predicted molar refractivity (Wildman–Crippen MR) is 59.5 cm³/mol. The zero-order valence-electron chi connectivity index (χ0n) is 9.23. The van der Waals surface area contributed by atoms with E-state index in [-0.39, 0.29) is 12.3 Å². The Morgan fingerprint density at radius 1 is 1.44 bits per heavy atom. The van der Waals surface area contributed by atoms with E-state index in [2.05, 4.69) is 0 Å². The molecule has 0 saturated carbocycles. The summed E-state index contributed by atoms with van der Waals surface area (Å²) in [5.41, 5.74) is 0.272. The number of carboxylic acid groups (broad SMARTS) is 1. The van der Waals surface area contributed by atoms with Crippen LogP contribution in [0.4, 0.5) is 5.69 Å². The Balaban J connectivity index is 2.66. The third kappa shape index (κ3) is 1.30. The number of hydrogen-bond donors (Lipinski definition) is 1. The number of para-hydroxylation sites is 1. The van der Waals surface area contributed by atoms with Crippen molar-refractivity contribution in [1.82, 2.24) is 0 Å². The number of benzene rings is 1. The molecule has 1 atom stereocenters. The number of nitrogens with zero attached hydrogens (tertiary/aromatic N) is 1. The molecule has 1 aliphatic heterocycles. The van der Waals surface area contributed by atoms with Crippen LogP contribution >= 0.6 is 0 Å². The first-order chi connectivity index (χ1) is 7.47. The van der Waals surface area contributed by atoms with E-state index in [1.54, 1.807) is 38.2 Å². The van der Waals surface area contributed by atoms with Crippen LogP contribution in [0.15, 0.2) is 24.3 Å². The summed E-state index contributed by atoms with van der Waals surface area (Å²) in [5.74, 6) is -1.12. The summed E-state index contributed by atoms with van der Waals surface area (Å²) in [6.45, 7) is 1.60. The first-order valence-electron chi connectivity index (χ1n) is 5.06. The zero-order chi connectivity index (χ0) is 11.9. The van der Waals surface area contributed by atoms with E-state index in [0.717, 1.165) is 0 Å². The number of carboxylic acids is 1. The van der Waals surface area contributed by atoms with Gasteiger partial charge in [-0.25, -0.2) is 0 Å². The molecule has 0 bridgehead atoms. The Hall–Kier alpha value is -1.84. The molecule has 0 saturated heterocycles. The van der Waals surface area contributed by atoms with Crippen molar-refractivity contribution in [2.75, 3.05) is 11.9 Å². The zero-order valence-corrected chi connectivity index (χ0v) is 9.23. The van der Waals surface area contributed by atoms with Gasteiger partial charge in [-0.1, -0.05) is 18.2 Å². The van der Waals surface area contributed by atoms with E-state index in [0.29, 0.717) is 11.3 Å². The normalized spacial score (nSPS) is 24.1. The molecule has 0 spiro atoms. The quantitative estimate of drug-likeness (QED) is 0.776. The molecule has 16 heavy (non-hydrogen) atoms. The monoisotopic (exact) mass is 219 g/mol. The highest BCUT2D eigenvalue weighted by Crippen LogP contribution is 2.39. The van der Waals surface area contributed by atoms with Crippen molar-refractivity contribution in [2.45, 2.75) is 18.8 Å². The van der Waals surface area contributed by atoms with Crippen LogP contribution in [0.2, 0.25) is 0 Å². The van der Waals surface area contributed by atoms with Crippen molar-refractivity contribution in [2.24, 2.45) is 0 Å². The van der Waals surface area contributed by atoms with Crippen LogP contribution in [0, 0.1) is 0 Å². The molecule has 1 amide bonds. The second-order valence-electron chi connectivity index (χ2n) is 4.28. The third-order valence-electron chi connectivity index (χ3n) is 3.21. The lowest BCUT2D eigenvalue weighted by atomic mass is 9.75. The summed E-state index contributed by atoms with van der Waals surface area (Å²) in [6, 6.07) is 7.14. The summed E-state index contributed by atoms with van der Waals surface area (Å²) in [7, 11) is 1.67. The van der Waals surface area contributed by atoms with Gasteiger partial charge in [0.1, 0.15) is 5.41 Å². The largest absolute Gasteiger partial charge is 0.481 e. The van der Waals surface area contributed by atoms with E-state index < -0.39 is 11.4 Å². The van der Waals surface area contributed by atoms with Crippen LogP contribution in [0.3, 0.4) is 0 Å². The molecule has 4 nitrogen and oxygen atoms in total. The number of aliphatic carboxylic acids is 1. The van der Waals surface area contributed by atoms with Crippen molar-refractivity contribution in [3.8, 4) is 0 Å². The van der Waals surface area contributed by atoms with Crippen molar-refractivity contribution in [1.29, 1.82) is 0 Å². The smallest absolute Gasteiger partial charge is 0.314 e. The first kappa shape index (κ1) is 10.7. The molecule has 84 valence electrons. The van der Waals surface area contributed by atoms with E-state index in [1.807, 2.05) is 0 Å². The van der Waals surface area contributed by atoms with E-state index in [9.17, 15) is 14.7 Å². The predicted octanol–water partition coefficient (Wildman–Crippen LogP) is 1.40. The van der Waals surface area contributed by atoms with Gasteiger partial charge in [0.05, 0.1) is 0 Å². The Morgan fingerprint density at radius 3 is 2.69 bits per heavy atom. The van der Waals surface area contributed by atoms with Crippen LogP contribution in [0.5, 0.6) is 0 Å². The number of anilines is 1. The summed E-state index contributed by atoms with van der Waals surface area (Å²) >= 11 is 0. The van der Waals surface area contributed by atoms with Gasteiger partial charge in [0.25, 0.3) is 0 Å². The average molecular weight is 219 g/mol. The van der Waals surface area contributed by atoms with Crippen LogP contribution in [0.25, 0.3) is 0 Å². The van der Waals surface area contributed by atoms with Crippen LogP contribution in [-0.4, -0.2) is 24.0 Å². The molecule has 0 radical (unpaired) electrons. The molecule has 1 aromatic carbocycles. The number of carbonyl (C=O) groups is 2. The molecule has 2 rings (SSSR count). The highest BCUT2D eigenvalue weighted by molar-refractivity contribution is 6.02. The average Bonchev–Trinajstić information content (AvgIpc) is 2.26. The number of hydrogen-bond acceptors (Lipinski definition) is 2. The number of rotatable bonds is 1. The molecule has 1 heterocycles. The Kier molecular flexibility index (Phi) is 2.22. The highest BCUT2D eigenvalue weighted by Gasteiger charge is 2.44. The van der Waals surface area contributed by atoms with Crippen molar-refractivity contribution >= 4 is 17.6 Å². The van der Waals surface area contributed by atoms with Crippen molar-refractivity contribution < 1.29 is 14.7 Å². The van der Waals surface area contributed by atoms with E-state index in [4.69, 9.17) is 0 Å². The van der Waals surface area contributed by atoms with Gasteiger partial charge in [-0.15, -0.1) is 0 Å². The van der Waals surface area contributed by atoms with E-state index >= 15 is 0 Å². The fourth-order valence-corrected chi connectivity index (χ4v) is 2.07. The molecule has 0 aliphatic carbocycles. The minimum absolute atomic E-state index is 0.00977. The second kappa shape index (κ2) is 3.33. The third-order valence-corrected chi connectivity index (χ3v) is 3.21. The maximum atomic E-state index is 11.7. The summed E-state index contributed by atoms with van der Waals surface area (Å²) in [4.78, 5) is 24.6. The molecule has 0 fully saturated rings. The first-order valence-corrected chi connectivity index (χ1v) is 5.06. The minimum Gasteiger partial charge on any atom is -0.481 e. The minimum atomic E-state index is -1.11. The lowest BCUT2D eigenvalue weighted by Gasteiger charge is -2.36. The number of amides is 1. The standard InChI is InChI=1S/C12H13NO3/c1-12(11(15)16)7-10(14)13(2)9-6-4-3-5-8(9)12/h3-6H,7H2,1-2H3,(H,15,16). The second-order valence-corrected chi connectivity index (χ2v) is 4.28. The van der Waals surface area contributed by atoms with Gasteiger partial charge in [0.15, 0.2) is 0 Å². The Labute approximate surface area is 93.5 Å². The SMILES string of the molecule is CN1C(=O)CC(C)(C(=O)O)c2ccccc21. The number of fused-ring (bicyclic) bond motifs is 1. The summed E-state index contributed by atoms with van der Waals surface area (Å²) in [5, 5.41) is 9.28. The highest BCUT2D eigenvalue weighted by atomic mass is 16.4. The van der Waals surface area contributed by atoms with Crippen LogP contribution < -0.4 is 4.90 Å². The lowest BCUT2D eigenvalue weighted by Crippen LogP contribution is -2.45. The molecular formula is C12H13NO3. The van der Waals surface area contributed by atoms with E-state index in [1.165, 1.54) is 4.90 Å². The lowest BCUT2D eigenvalue weighted by molar-refractivity contribution is -0.145. The van der Waals surface area contributed by atoms with Gasteiger partial charge in [-0.2, -0.15) is 0 Å². The molecule has 1 aliphatic rings. The van der Waals surface area contributed by atoms with Gasteiger partial charge >= 0.3 is 5.97 Å². The topological polar surface area (TPSA) is 57.6 Å². The fraction of sp³-hybridized carbons (Fsp3) is 0.333. The summed E-state index contributed by atoms with van der Waals surface area (Å²) in [6.07, 6.45) is 0.00977. The van der Waals surface area contributed by atoms with Crippen molar-refractivity contribution in [3.63, 3.8) is 0 Å². The maximum Gasteiger partial charge on any atom is 0.314 e. The molecule has 1 aromatic rings. The molecule has 4 heteroatoms. The van der Waals surface area contributed by atoms with Crippen LogP contribution in [-0.2, 0) is 15.0 Å². The molecule has 1 unspecified atom stereocenters. The van der Waals surface area contributed by atoms with Crippen LogP contribution in [0.1, 0.15) is 18.9 Å². The molecular weight excluding hydrogens is 206 g/mol.